The first kappa shape index (κ1) is 21.7. The van der Waals surface area contributed by atoms with Gasteiger partial charge in [-0.25, -0.2) is 17.2 Å². The van der Waals surface area contributed by atoms with Gasteiger partial charge in [-0.05, 0) is 54.1 Å². The second kappa shape index (κ2) is 8.57. The highest BCUT2D eigenvalue weighted by molar-refractivity contribution is 9.10. The lowest BCUT2D eigenvalue weighted by atomic mass is 10.2. The van der Waals surface area contributed by atoms with E-state index in [0.717, 1.165) is 22.2 Å². The maximum absolute atomic E-state index is 13.9. The molecule has 0 saturated heterocycles. The first-order chi connectivity index (χ1) is 14.7. The monoisotopic (exact) mass is 521 g/mol. The highest BCUT2D eigenvalue weighted by Crippen LogP contribution is 2.40. The van der Waals surface area contributed by atoms with E-state index >= 15 is 0 Å². The topological polar surface area (TPSA) is 63.2 Å². The van der Waals surface area contributed by atoms with Gasteiger partial charge in [0.2, 0.25) is 0 Å². The van der Waals surface area contributed by atoms with E-state index in [-0.39, 0.29) is 10.8 Å². The highest BCUT2D eigenvalue weighted by atomic mass is 79.9. The van der Waals surface area contributed by atoms with Gasteiger partial charge in [0.05, 0.1) is 21.2 Å². The van der Waals surface area contributed by atoms with Crippen molar-refractivity contribution in [3.05, 3.63) is 92.8 Å². The van der Waals surface area contributed by atoms with Crippen LogP contribution in [0.2, 0.25) is 0 Å². The zero-order valence-electron chi connectivity index (χ0n) is 15.7. The summed E-state index contributed by atoms with van der Waals surface area (Å²) in [7, 11) is -4.04. The zero-order valence-corrected chi connectivity index (χ0v) is 19.0. The first-order valence-corrected chi connectivity index (χ1v) is 12.3. The lowest BCUT2D eigenvalue weighted by Gasteiger charge is -2.19. The Morgan fingerprint density at radius 2 is 1.68 bits per heavy atom. The average molecular weight is 522 g/mol. The molecule has 0 spiro atoms. The van der Waals surface area contributed by atoms with Gasteiger partial charge >= 0.3 is 0 Å². The maximum Gasteiger partial charge on any atom is 0.262 e. The van der Waals surface area contributed by atoms with Crippen molar-refractivity contribution in [3.63, 3.8) is 0 Å². The number of hydrogen-bond acceptors (Lipinski definition) is 4. The Hall–Kier alpha value is -2.49. The summed E-state index contributed by atoms with van der Waals surface area (Å²) < 4.78 is 54.2. The molecule has 0 fully saturated rings. The summed E-state index contributed by atoms with van der Waals surface area (Å²) in [6.45, 7) is 0. The van der Waals surface area contributed by atoms with Crippen molar-refractivity contribution in [1.82, 2.24) is 0 Å². The minimum Gasteiger partial charge on any atom is -0.320 e. The van der Waals surface area contributed by atoms with Gasteiger partial charge in [-0.15, -0.1) is 0 Å². The predicted octanol–water partition coefficient (Wildman–Crippen LogP) is 5.79. The van der Waals surface area contributed by atoms with Crippen LogP contribution in [0, 0.1) is 11.6 Å². The van der Waals surface area contributed by atoms with Crippen molar-refractivity contribution in [2.24, 2.45) is 0 Å². The minimum atomic E-state index is -4.04. The standard InChI is InChI=1S/C22H14BrF2NO3S2/c23-14-6-4-13(5-7-14)10-21-22(27)26-19-11-15(8-9-20(19)30-21)31(28,29)12-16-17(24)2-1-3-18(16)25/h1-11H,12H2,(H,26,27). The number of carbonyl (C=O) groups is 1. The van der Waals surface area contributed by atoms with Gasteiger partial charge < -0.3 is 5.32 Å². The predicted molar refractivity (Wildman–Crippen MR) is 120 cm³/mol. The molecule has 9 heteroatoms. The normalized spacial score (nSPS) is 14.9. The van der Waals surface area contributed by atoms with Crippen LogP contribution in [0.1, 0.15) is 11.1 Å². The molecule has 0 radical (unpaired) electrons. The maximum atomic E-state index is 13.9. The molecule has 3 aromatic carbocycles. The third-order valence-corrected chi connectivity index (χ3v) is 7.83. The Balaban J connectivity index is 1.62. The molecule has 1 amide bonds. The summed E-state index contributed by atoms with van der Waals surface area (Å²) in [5, 5.41) is 2.69. The summed E-state index contributed by atoms with van der Waals surface area (Å²) in [4.78, 5) is 13.5. The molecular formula is C22H14BrF2NO3S2. The molecule has 1 aliphatic heterocycles. The van der Waals surface area contributed by atoms with E-state index in [1.807, 2.05) is 24.3 Å². The Morgan fingerprint density at radius 1 is 1.00 bits per heavy atom. The molecule has 0 saturated carbocycles. The van der Waals surface area contributed by atoms with E-state index in [1.165, 1.54) is 30.0 Å². The van der Waals surface area contributed by atoms with Crippen LogP contribution < -0.4 is 5.32 Å². The number of amides is 1. The van der Waals surface area contributed by atoms with E-state index in [2.05, 4.69) is 21.2 Å². The van der Waals surface area contributed by atoms with Gasteiger partial charge in [-0.2, -0.15) is 0 Å². The van der Waals surface area contributed by atoms with Crippen LogP contribution in [0.4, 0.5) is 14.5 Å². The number of thioether (sulfide) groups is 1. The molecule has 4 rings (SSSR count). The zero-order chi connectivity index (χ0) is 22.2. The number of halogens is 3. The molecule has 1 heterocycles. The molecule has 0 unspecified atom stereocenters. The molecule has 31 heavy (non-hydrogen) atoms. The Kier molecular flexibility index (Phi) is 6.00. The molecule has 158 valence electrons. The van der Waals surface area contributed by atoms with Gasteiger partial charge in [0.25, 0.3) is 5.91 Å². The van der Waals surface area contributed by atoms with Crippen molar-refractivity contribution in [1.29, 1.82) is 0 Å². The van der Waals surface area contributed by atoms with E-state index < -0.39 is 32.8 Å². The fourth-order valence-electron chi connectivity index (χ4n) is 2.99. The number of sulfone groups is 1. The molecule has 0 aliphatic carbocycles. The molecule has 1 aliphatic rings. The van der Waals surface area contributed by atoms with E-state index in [0.29, 0.717) is 15.5 Å². The largest absolute Gasteiger partial charge is 0.320 e. The molecule has 3 aromatic rings. The van der Waals surface area contributed by atoms with E-state index in [4.69, 9.17) is 0 Å². The van der Waals surface area contributed by atoms with Crippen molar-refractivity contribution in [2.45, 2.75) is 15.5 Å². The minimum absolute atomic E-state index is 0.129. The van der Waals surface area contributed by atoms with Crippen LogP contribution in [-0.2, 0) is 20.4 Å². The Morgan fingerprint density at radius 3 is 2.35 bits per heavy atom. The summed E-state index contributed by atoms with van der Waals surface area (Å²) >= 11 is 4.57. The Bertz CT molecular complexity index is 1300. The third-order valence-electron chi connectivity index (χ3n) is 4.57. The number of rotatable bonds is 4. The summed E-state index contributed by atoms with van der Waals surface area (Å²) in [6.07, 6.45) is 1.74. The quantitative estimate of drug-likeness (QED) is 0.441. The van der Waals surface area contributed by atoms with Gasteiger partial charge in [0, 0.05) is 14.9 Å². The number of nitrogens with one attached hydrogen (secondary N) is 1. The van der Waals surface area contributed by atoms with E-state index in [9.17, 15) is 22.0 Å². The number of carbonyl (C=O) groups excluding carboxylic acids is 1. The second-order valence-corrected chi connectivity index (χ2v) is 10.7. The van der Waals surface area contributed by atoms with Crippen LogP contribution >= 0.6 is 27.7 Å². The van der Waals surface area contributed by atoms with Crippen LogP contribution in [0.15, 0.2) is 79.8 Å². The SMILES string of the molecule is O=C1Nc2cc(S(=O)(=O)Cc3c(F)cccc3F)ccc2SC1=Cc1ccc(Br)cc1. The van der Waals surface area contributed by atoms with Gasteiger partial charge in [0.15, 0.2) is 9.84 Å². The average Bonchev–Trinajstić information content (AvgIpc) is 2.72. The van der Waals surface area contributed by atoms with E-state index in [1.54, 1.807) is 12.1 Å². The van der Waals surface area contributed by atoms with Crippen LogP contribution in [0.25, 0.3) is 6.08 Å². The number of hydrogen-bond donors (Lipinski definition) is 1. The fourth-order valence-corrected chi connectivity index (χ4v) is 5.58. The summed E-state index contributed by atoms with van der Waals surface area (Å²) in [5.74, 6) is -3.03. The molecule has 1 N–H and O–H groups in total. The third kappa shape index (κ3) is 4.73. The number of benzene rings is 3. The fraction of sp³-hybridized carbons (Fsp3) is 0.0455. The van der Waals surface area contributed by atoms with Gasteiger partial charge in [-0.1, -0.05) is 45.9 Å². The van der Waals surface area contributed by atoms with Crippen molar-refractivity contribution < 1.29 is 22.0 Å². The van der Waals surface area contributed by atoms with Crippen LogP contribution in [-0.4, -0.2) is 14.3 Å². The van der Waals surface area contributed by atoms with Crippen LogP contribution in [0.3, 0.4) is 0 Å². The molecule has 0 atom stereocenters. The molecule has 0 bridgehead atoms. The van der Waals surface area contributed by atoms with Crippen molar-refractivity contribution in [3.8, 4) is 0 Å². The summed E-state index contributed by atoms with van der Waals surface area (Å²) in [5.41, 5.74) is 0.659. The first-order valence-electron chi connectivity index (χ1n) is 8.99. The summed E-state index contributed by atoms with van der Waals surface area (Å²) in [6, 6.07) is 14.9. The molecule has 0 aromatic heterocycles. The number of anilines is 1. The second-order valence-electron chi connectivity index (χ2n) is 6.73. The molecular weight excluding hydrogens is 508 g/mol. The van der Waals surface area contributed by atoms with Gasteiger partial charge in [-0.3, -0.25) is 4.79 Å². The number of fused-ring (bicyclic) bond motifs is 1. The van der Waals surface area contributed by atoms with Crippen LogP contribution in [0.5, 0.6) is 0 Å². The lowest BCUT2D eigenvalue weighted by Crippen LogP contribution is -2.18. The Labute approximate surface area is 190 Å². The highest BCUT2D eigenvalue weighted by Gasteiger charge is 2.25. The smallest absolute Gasteiger partial charge is 0.262 e. The van der Waals surface area contributed by atoms with Gasteiger partial charge in [0.1, 0.15) is 11.6 Å². The van der Waals surface area contributed by atoms with Crippen molar-refractivity contribution in [2.75, 3.05) is 5.32 Å². The molecule has 4 nitrogen and oxygen atoms in total. The lowest BCUT2D eigenvalue weighted by molar-refractivity contribution is -0.112. The van der Waals surface area contributed by atoms with Crippen molar-refractivity contribution >= 4 is 55.2 Å².